The lowest BCUT2D eigenvalue weighted by atomic mass is 9.85. The summed E-state index contributed by atoms with van der Waals surface area (Å²) >= 11 is 12.7. The Morgan fingerprint density at radius 1 is 0.788 bits per heavy atom. The number of amidine groups is 1. The molecule has 2 saturated heterocycles. The highest BCUT2D eigenvalue weighted by atomic mass is 35.5. The number of ether oxygens (including phenoxy) is 3. The molecule has 2 fully saturated rings. The Kier molecular flexibility index (Phi) is 12.0. The molecular weight excluding hydrogens is 701 g/mol. The van der Waals surface area contributed by atoms with Gasteiger partial charge in [-0.3, -0.25) is 19.6 Å². The Balaban J connectivity index is 1.42. The molecule has 3 aromatic rings. The summed E-state index contributed by atoms with van der Waals surface area (Å²) in [5.41, 5.74) is 3.25. The number of carbonyl (C=O) groups excluding carboxylic acids is 2. The van der Waals surface area contributed by atoms with Crippen LogP contribution < -0.4 is 9.47 Å². The van der Waals surface area contributed by atoms with Crippen molar-refractivity contribution in [1.82, 2.24) is 19.6 Å². The maximum atomic E-state index is 15.1. The van der Waals surface area contributed by atoms with Crippen LogP contribution in [0.15, 0.2) is 65.7 Å². The molecule has 0 radical (unpaired) electrons. The molecule has 3 amide bonds. The lowest BCUT2D eigenvalue weighted by molar-refractivity contribution is -0.136. The normalized spacial score (nSPS) is 19.8. The number of amides is 3. The summed E-state index contributed by atoms with van der Waals surface area (Å²) in [5, 5.41) is 1.22. The standard InChI is InChI=1S/C40H49Cl2N5O5/c1-6-51-33-25-32(40(3,4)5)34(52-7-2)24-31(33)38-43-36(27-8-12-29(41)13-9-27)37(28-10-14-30(42)15-11-28)47(38)39(49)46-18-16-44(17-19-46)26-35(48)45-20-22-50-23-21-45/h8-15,24-25,36-37H,6-7,16-23,26H2,1-5H3/t36-,37+/m0/s1. The van der Waals surface area contributed by atoms with Crippen molar-refractivity contribution < 1.29 is 23.8 Å². The SMILES string of the molecule is CCOc1cc(C(C)(C)C)c(OCC)cc1C1=N[C@@H](c2ccc(Cl)cc2)[C@@H](c2ccc(Cl)cc2)N1C(=O)N1CCN(CC(=O)N2CCOCC2)CC1. The summed E-state index contributed by atoms with van der Waals surface area (Å²) in [5.74, 6) is 1.95. The monoisotopic (exact) mass is 749 g/mol. The van der Waals surface area contributed by atoms with Crippen LogP contribution in [0.1, 0.15) is 69.0 Å². The van der Waals surface area contributed by atoms with Gasteiger partial charge in [0.15, 0.2) is 0 Å². The zero-order valence-corrected chi connectivity index (χ0v) is 32.3. The molecule has 0 bridgehead atoms. The Bertz CT molecular complexity index is 1750. The van der Waals surface area contributed by atoms with E-state index in [9.17, 15) is 4.79 Å². The van der Waals surface area contributed by atoms with Gasteiger partial charge >= 0.3 is 6.03 Å². The fourth-order valence-electron chi connectivity index (χ4n) is 7.08. The van der Waals surface area contributed by atoms with Crippen LogP contribution in [0.4, 0.5) is 4.79 Å². The predicted molar refractivity (Wildman–Crippen MR) is 205 cm³/mol. The number of carbonyl (C=O) groups is 2. The first-order valence-electron chi connectivity index (χ1n) is 18.2. The first-order valence-corrected chi connectivity index (χ1v) is 18.9. The van der Waals surface area contributed by atoms with Gasteiger partial charge in [-0.2, -0.15) is 0 Å². The largest absolute Gasteiger partial charge is 0.494 e. The van der Waals surface area contributed by atoms with Crippen LogP contribution in [0.3, 0.4) is 0 Å². The highest BCUT2D eigenvalue weighted by Crippen LogP contribution is 2.47. The lowest BCUT2D eigenvalue weighted by Crippen LogP contribution is -2.56. The van der Waals surface area contributed by atoms with E-state index in [1.165, 1.54) is 0 Å². The molecule has 0 unspecified atom stereocenters. The van der Waals surface area contributed by atoms with Gasteiger partial charge in [0.25, 0.3) is 0 Å². The number of morpholine rings is 1. The number of benzene rings is 3. The second-order valence-corrected chi connectivity index (χ2v) is 15.2. The molecule has 12 heteroatoms. The van der Waals surface area contributed by atoms with Gasteiger partial charge in [-0.15, -0.1) is 0 Å². The second-order valence-electron chi connectivity index (χ2n) is 14.3. The van der Waals surface area contributed by atoms with E-state index in [1.54, 1.807) is 0 Å². The zero-order valence-electron chi connectivity index (χ0n) is 30.7. The molecule has 6 rings (SSSR count). The topological polar surface area (TPSA) is 87.2 Å². The molecule has 3 heterocycles. The van der Waals surface area contributed by atoms with Crippen molar-refractivity contribution in [3.05, 3.63) is 93.0 Å². The maximum Gasteiger partial charge on any atom is 0.326 e. The van der Waals surface area contributed by atoms with Crippen LogP contribution in [0.2, 0.25) is 10.0 Å². The fraction of sp³-hybridized carbons (Fsp3) is 0.475. The van der Waals surface area contributed by atoms with Crippen LogP contribution in [-0.4, -0.2) is 110 Å². The van der Waals surface area contributed by atoms with Crippen molar-refractivity contribution in [3.8, 4) is 11.5 Å². The van der Waals surface area contributed by atoms with Crippen molar-refractivity contribution in [2.45, 2.75) is 52.1 Å². The molecule has 278 valence electrons. The van der Waals surface area contributed by atoms with Crippen molar-refractivity contribution in [1.29, 1.82) is 0 Å². The van der Waals surface area contributed by atoms with Crippen molar-refractivity contribution in [2.24, 2.45) is 4.99 Å². The maximum absolute atomic E-state index is 15.1. The highest BCUT2D eigenvalue weighted by Gasteiger charge is 2.45. The highest BCUT2D eigenvalue weighted by molar-refractivity contribution is 6.30. The number of halogens is 2. The lowest BCUT2D eigenvalue weighted by Gasteiger charge is -2.39. The summed E-state index contributed by atoms with van der Waals surface area (Å²) in [6.07, 6.45) is 0. The van der Waals surface area contributed by atoms with Crippen LogP contribution in [0.25, 0.3) is 0 Å². The van der Waals surface area contributed by atoms with E-state index in [0.29, 0.717) is 99.4 Å². The Labute approximate surface area is 317 Å². The Hall–Kier alpha value is -3.83. The second kappa shape index (κ2) is 16.5. The van der Waals surface area contributed by atoms with E-state index in [4.69, 9.17) is 42.4 Å². The molecule has 0 N–H and O–H groups in total. The van der Waals surface area contributed by atoms with Crippen molar-refractivity contribution in [2.75, 3.05) is 72.2 Å². The molecule has 0 saturated carbocycles. The third-order valence-electron chi connectivity index (χ3n) is 9.79. The molecule has 52 heavy (non-hydrogen) atoms. The smallest absolute Gasteiger partial charge is 0.326 e. The molecule has 10 nitrogen and oxygen atoms in total. The van der Waals surface area contributed by atoms with Gasteiger partial charge in [-0.05, 0) is 66.8 Å². The summed E-state index contributed by atoms with van der Waals surface area (Å²) < 4.78 is 18.0. The quantitative estimate of drug-likeness (QED) is 0.230. The third-order valence-corrected chi connectivity index (χ3v) is 10.3. The van der Waals surface area contributed by atoms with Gasteiger partial charge in [0.1, 0.15) is 23.4 Å². The fourth-order valence-corrected chi connectivity index (χ4v) is 7.33. The molecule has 3 aliphatic rings. The van der Waals surface area contributed by atoms with Crippen molar-refractivity contribution >= 4 is 41.0 Å². The summed E-state index contributed by atoms with van der Waals surface area (Å²) in [4.78, 5) is 41.2. The minimum absolute atomic E-state index is 0.0953. The number of rotatable bonds is 9. The van der Waals surface area contributed by atoms with E-state index >= 15 is 4.79 Å². The van der Waals surface area contributed by atoms with Gasteiger partial charge in [-0.1, -0.05) is 68.2 Å². The number of hydrogen-bond donors (Lipinski definition) is 0. The molecule has 0 aromatic heterocycles. The molecule has 3 aromatic carbocycles. The van der Waals surface area contributed by atoms with Crippen LogP contribution in [0, 0.1) is 0 Å². The minimum atomic E-state index is -0.505. The number of urea groups is 1. The van der Waals surface area contributed by atoms with E-state index in [-0.39, 0.29) is 17.4 Å². The number of aliphatic imine (C=N–C) groups is 1. The van der Waals surface area contributed by atoms with Gasteiger partial charge in [0, 0.05) is 54.9 Å². The van der Waals surface area contributed by atoms with Gasteiger partial charge in [-0.25, -0.2) is 4.79 Å². The number of hydrogen-bond acceptors (Lipinski definition) is 7. The Morgan fingerprint density at radius 2 is 1.37 bits per heavy atom. The van der Waals surface area contributed by atoms with E-state index in [2.05, 4.69) is 25.7 Å². The minimum Gasteiger partial charge on any atom is -0.494 e. The molecule has 0 spiro atoms. The summed E-state index contributed by atoms with van der Waals surface area (Å²) in [6.45, 7) is 16.0. The van der Waals surface area contributed by atoms with E-state index in [0.717, 1.165) is 22.4 Å². The van der Waals surface area contributed by atoms with Crippen LogP contribution >= 0.6 is 23.2 Å². The average molecular weight is 751 g/mol. The number of piperazine rings is 1. The van der Waals surface area contributed by atoms with Gasteiger partial charge in [0.2, 0.25) is 5.91 Å². The van der Waals surface area contributed by atoms with E-state index in [1.807, 2.05) is 89.2 Å². The predicted octanol–water partition coefficient (Wildman–Crippen LogP) is 7.23. The van der Waals surface area contributed by atoms with Crippen molar-refractivity contribution in [3.63, 3.8) is 0 Å². The molecule has 0 aliphatic carbocycles. The number of nitrogens with zero attached hydrogens (tertiary/aromatic N) is 5. The first kappa shape index (κ1) is 37.9. The first-order chi connectivity index (χ1) is 25.0. The molecule has 2 atom stereocenters. The molecule has 3 aliphatic heterocycles. The Morgan fingerprint density at radius 3 is 1.94 bits per heavy atom. The van der Waals surface area contributed by atoms with E-state index < -0.39 is 12.1 Å². The summed E-state index contributed by atoms with van der Waals surface area (Å²) in [7, 11) is 0. The average Bonchev–Trinajstić information content (AvgIpc) is 3.53. The van der Waals surface area contributed by atoms with Gasteiger partial charge < -0.3 is 24.0 Å². The zero-order chi connectivity index (χ0) is 37.0. The van der Waals surface area contributed by atoms with Crippen LogP contribution in [-0.2, 0) is 14.9 Å². The molecular formula is C40H49Cl2N5O5. The third kappa shape index (κ3) is 8.36. The summed E-state index contributed by atoms with van der Waals surface area (Å²) in [6, 6.07) is 18.1. The van der Waals surface area contributed by atoms with Crippen LogP contribution in [0.5, 0.6) is 11.5 Å². The van der Waals surface area contributed by atoms with Gasteiger partial charge in [0.05, 0.1) is 44.6 Å².